The molecule has 3 rings (SSSR count). The molecule has 8 heteroatoms. The molecule has 1 saturated carbocycles. The van der Waals surface area contributed by atoms with Gasteiger partial charge in [-0.2, -0.15) is 0 Å². The summed E-state index contributed by atoms with van der Waals surface area (Å²) in [6, 6.07) is 5.09. The molecule has 5 nitrogen and oxygen atoms in total. The van der Waals surface area contributed by atoms with Crippen LogP contribution in [0.15, 0.2) is 36.0 Å². The fourth-order valence-electron chi connectivity index (χ4n) is 2.27. The fraction of sp³-hybridized carbons (Fsp3) is 0.312. The van der Waals surface area contributed by atoms with E-state index in [1.807, 2.05) is 10.6 Å². The molecule has 0 spiro atoms. The van der Waals surface area contributed by atoms with Gasteiger partial charge in [0, 0.05) is 12.5 Å². The third-order valence-electron chi connectivity index (χ3n) is 3.56. The average molecular weight is 383 g/mol. The Kier molecular flexibility index (Phi) is 5.48. The van der Waals surface area contributed by atoms with Crippen molar-refractivity contribution in [3.05, 3.63) is 46.7 Å². The second-order valence-corrected chi connectivity index (χ2v) is 7.20. The number of nitrogens with one attached hydrogen (secondary N) is 1. The van der Waals surface area contributed by atoms with Crippen LogP contribution in [0.25, 0.3) is 0 Å². The predicted molar refractivity (Wildman–Crippen MR) is 98.0 cm³/mol. The molecule has 126 valence electrons. The molecule has 1 fully saturated rings. The van der Waals surface area contributed by atoms with Crippen LogP contribution in [-0.2, 0) is 11.3 Å². The molecule has 1 N–H and O–H groups in total. The van der Waals surface area contributed by atoms with E-state index in [0.717, 1.165) is 23.8 Å². The lowest BCUT2D eigenvalue weighted by molar-refractivity contribution is -0.113. The number of halogens is 2. The first-order valence-electron chi connectivity index (χ1n) is 7.50. The highest BCUT2D eigenvalue weighted by atomic mass is 35.5. The van der Waals surface area contributed by atoms with E-state index in [1.54, 1.807) is 18.2 Å². The topological polar surface area (TPSA) is 59.8 Å². The van der Waals surface area contributed by atoms with E-state index < -0.39 is 0 Å². The summed E-state index contributed by atoms with van der Waals surface area (Å²) in [5.41, 5.74) is 0.428. The van der Waals surface area contributed by atoms with Crippen molar-refractivity contribution in [3.8, 4) is 0 Å². The number of anilines is 1. The Morgan fingerprint density at radius 1 is 1.38 bits per heavy atom. The number of carbonyl (C=O) groups is 1. The number of benzene rings is 1. The molecule has 0 unspecified atom stereocenters. The SMILES string of the molecule is C=CCn1c(SCC(=O)Nc2c(Cl)cccc2Cl)nnc1C1CC1. The van der Waals surface area contributed by atoms with Gasteiger partial charge in [-0.15, -0.1) is 16.8 Å². The maximum absolute atomic E-state index is 12.2. The van der Waals surface area contributed by atoms with E-state index in [0.29, 0.717) is 28.2 Å². The van der Waals surface area contributed by atoms with Crippen molar-refractivity contribution >= 4 is 46.6 Å². The van der Waals surface area contributed by atoms with Gasteiger partial charge in [-0.05, 0) is 25.0 Å². The van der Waals surface area contributed by atoms with Gasteiger partial charge in [0.2, 0.25) is 5.91 Å². The van der Waals surface area contributed by atoms with Crippen molar-refractivity contribution < 1.29 is 4.79 Å². The van der Waals surface area contributed by atoms with Gasteiger partial charge in [-0.3, -0.25) is 4.79 Å². The molecule has 1 aliphatic carbocycles. The standard InChI is InChI=1S/C16H16Cl2N4OS/c1-2-8-22-15(10-6-7-10)20-21-16(22)24-9-13(23)19-14-11(17)4-3-5-12(14)18/h2-5,10H,1,6-9H2,(H,19,23). The molecular weight excluding hydrogens is 367 g/mol. The molecule has 2 aromatic rings. The van der Waals surface area contributed by atoms with Crippen LogP contribution in [0, 0.1) is 0 Å². The molecule has 1 aromatic carbocycles. The Morgan fingerprint density at radius 2 is 2.08 bits per heavy atom. The predicted octanol–water partition coefficient (Wildman–Crippen LogP) is 4.38. The quantitative estimate of drug-likeness (QED) is 0.570. The van der Waals surface area contributed by atoms with E-state index in [2.05, 4.69) is 22.1 Å². The highest BCUT2D eigenvalue weighted by Crippen LogP contribution is 2.40. The third-order valence-corrected chi connectivity index (χ3v) is 5.16. The van der Waals surface area contributed by atoms with Crippen LogP contribution >= 0.6 is 35.0 Å². The number of nitrogens with zero attached hydrogens (tertiary/aromatic N) is 3. The second-order valence-electron chi connectivity index (χ2n) is 5.45. The molecule has 0 atom stereocenters. The molecule has 1 aliphatic rings. The van der Waals surface area contributed by atoms with Crippen LogP contribution in [0.3, 0.4) is 0 Å². The third kappa shape index (κ3) is 3.94. The van der Waals surface area contributed by atoms with Crippen molar-refractivity contribution in [2.24, 2.45) is 0 Å². The van der Waals surface area contributed by atoms with Crippen molar-refractivity contribution in [2.45, 2.75) is 30.5 Å². The van der Waals surface area contributed by atoms with Crippen LogP contribution in [0.2, 0.25) is 10.0 Å². The summed E-state index contributed by atoms with van der Waals surface area (Å²) in [4.78, 5) is 12.2. The van der Waals surface area contributed by atoms with Crippen LogP contribution in [0.1, 0.15) is 24.6 Å². The zero-order chi connectivity index (χ0) is 17.1. The number of amides is 1. The number of hydrogen-bond acceptors (Lipinski definition) is 4. The van der Waals surface area contributed by atoms with Gasteiger partial charge in [0.15, 0.2) is 5.16 Å². The van der Waals surface area contributed by atoms with E-state index >= 15 is 0 Å². The number of para-hydroxylation sites is 1. The van der Waals surface area contributed by atoms with Gasteiger partial charge in [-0.1, -0.05) is 47.1 Å². The molecule has 24 heavy (non-hydrogen) atoms. The molecule has 0 bridgehead atoms. The van der Waals surface area contributed by atoms with E-state index in [9.17, 15) is 4.79 Å². The van der Waals surface area contributed by atoms with Gasteiger partial charge >= 0.3 is 0 Å². The molecule has 0 aliphatic heterocycles. The molecule has 0 radical (unpaired) electrons. The van der Waals surface area contributed by atoms with Crippen molar-refractivity contribution in [1.29, 1.82) is 0 Å². The summed E-state index contributed by atoms with van der Waals surface area (Å²) in [5, 5.41) is 12.7. The minimum Gasteiger partial charge on any atom is -0.323 e. The first-order chi connectivity index (χ1) is 11.6. The first-order valence-corrected chi connectivity index (χ1v) is 9.25. The Hall–Kier alpha value is -1.50. The molecule has 1 aromatic heterocycles. The summed E-state index contributed by atoms with van der Waals surface area (Å²) < 4.78 is 2.02. The summed E-state index contributed by atoms with van der Waals surface area (Å²) >= 11 is 13.5. The van der Waals surface area contributed by atoms with Gasteiger partial charge in [0.1, 0.15) is 5.82 Å². The average Bonchev–Trinajstić information content (AvgIpc) is 3.32. The van der Waals surface area contributed by atoms with E-state index in [4.69, 9.17) is 23.2 Å². The minimum absolute atomic E-state index is 0.196. The van der Waals surface area contributed by atoms with Crippen LogP contribution in [0.5, 0.6) is 0 Å². The zero-order valence-corrected chi connectivity index (χ0v) is 15.2. The lowest BCUT2D eigenvalue weighted by Crippen LogP contribution is -2.15. The number of aromatic nitrogens is 3. The van der Waals surface area contributed by atoms with Gasteiger partial charge in [0.05, 0.1) is 21.5 Å². The summed E-state index contributed by atoms with van der Waals surface area (Å²) in [7, 11) is 0. The van der Waals surface area contributed by atoms with Gasteiger partial charge in [-0.25, -0.2) is 0 Å². The maximum atomic E-state index is 12.2. The number of hydrogen-bond donors (Lipinski definition) is 1. The summed E-state index contributed by atoms with van der Waals surface area (Å²) in [6.45, 7) is 4.41. The van der Waals surface area contributed by atoms with E-state index in [1.165, 1.54) is 11.8 Å². The highest BCUT2D eigenvalue weighted by molar-refractivity contribution is 7.99. The van der Waals surface area contributed by atoms with Crippen LogP contribution in [-0.4, -0.2) is 26.4 Å². The number of carbonyl (C=O) groups excluding carboxylic acids is 1. The molecule has 0 saturated heterocycles. The van der Waals surface area contributed by atoms with Crippen molar-refractivity contribution in [2.75, 3.05) is 11.1 Å². The first kappa shape index (κ1) is 17.3. The fourth-order valence-corrected chi connectivity index (χ4v) is 3.52. The van der Waals surface area contributed by atoms with Crippen LogP contribution < -0.4 is 5.32 Å². The van der Waals surface area contributed by atoms with Crippen molar-refractivity contribution in [3.63, 3.8) is 0 Å². The Morgan fingerprint density at radius 3 is 2.71 bits per heavy atom. The monoisotopic (exact) mass is 382 g/mol. The van der Waals surface area contributed by atoms with Crippen molar-refractivity contribution in [1.82, 2.24) is 14.8 Å². The second kappa shape index (κ2) is 7.59. The number of allylic oxidation sites excluding steroid dienone is 1. The lowest BCUT2D eigenvalue weighted by atomic mass is 10.3. The Balaban J connectivity index is 1.65. The molecular formula is C16H16Cl2N4OS. The summed E-state index contributed by atoms with van der Waals surface area (Å²) in [6.07, 6.45) is 4.10. The van der Waals surface area contributed by atoms with Gasteiger partial charge in [0.25, 0.3) is 0 Å². The van der Waals surface area contributed by atoms with Crippen LogP contribution in [0.4, 0.5) is 5.69 Å². The zero-order valence-electron chi connectivity index (χ0n) is 12.8. The Labute approximate surface area is 154 Å². The Bertz CT molecular complexity index is 753. The largest absolute Gasteiger partial charge is 0.323 e. The smallest absolute Gasteiger partial charge is 0.234 e. The van der Waals surface area contributed by atoms with Gasteiger partial charge < -0.3 is 9.88 Å². The number of thioether (sulfide) groups is 1. The maximum Gasteiger partial charge on any atom is 0.234 e. The highest BCUT2D eigenvalue weighted by Gasteiger charge is 2.30. The number of rotatable bonds is 7. The van der Waals surface area contributed by atoms with E-state index in [-0.39, 0.29) is 11.7 Å². The normalized spacial score (nSPS) is 13.8. The molecule has 1 amide bonds. The minimum atomic E-state index is -0.198. The lowest BCUT2D eigenvalue weighted by Gasteiger charge is -2.09. The summed E-state index contributed by atoms with van der Waals surface area (Å²) in [5.74, 6) is 1.47. The molecule has 1 heterocycles.